The summed E-state index contributed by atoms with van der Waals surface area (Å²) in [6.07, 6.45) is -0.358. The van der Waals surface area contributed by atoms with Gasteiger partial charge in [0.25, 0.3) is 0 Å². The number of methoxy groups -OCH3 is 2. The molecule has 2 aromatic rings. The van der Waals surface area contributed by atoms with Crippen molar-refractivity contribution >= 4 is 22.6 Å². The molecular formula is C16H18N2O4S. The molecule has 2 heterocycles. The van der Waals surface area contributed by atoms with Crippen molar-refractivity contribution < 1.29 is 19.0 Å². The molecule has 1 fully saturated rings. The molecule has 1 aliphatic heterocycles. The minimum Gasteiger partial charge on any atom is -0.493 e. The number of carbonyl (C=O) groups is 1. The van der Waals surface area contributed by atoms with Crippen molar-refractivity contribution in [1.29, 1.82) is 0 Å². The Morgan fingerprint density at radius 3 is 2.61 bits per heavy atom. The molecule has 0 N–H and O–H groups in total. The summed E-state index contributed by atoms with van der Waals surface area (Å²) in [6, 6.07) is 5.61. The number of benzene rings is 1. The molecule has 0 aliphatic carbocycles. The van der Waals surface area contributed by atoms with Crippen molar-refractivity contribution in [2.24, 2.45) is 0 Å². The van der Waals surface area contributed by atoms with E-state index in [0.29, 0.717) is 23.2 Å². The molecule has 0 bridgehead atoms. The molecule has 1 aromatic carbocycles. The lowest BCUT2D eigenvalue weighted by molar-refractivity contribution is 0.175. The zero-order valence-corrected chi connectivity index (χ0v) is 14.3. The Bertz CT molecular complexity index is 741. The van der Waals surface area contributed by atoms with Crippen LogP contribution in [0.4, 0.5) is 9.93 Å². The van der Waals surface area contributed by atoms with Crippen molar-refractivity contribution in [1.82, 2.24) is 4.98 Å². The van der Waals surface area contributed by atoms with Gasteiger partial charge in [0, 0.05) is 10.9 Å². The summed E-state index contributed by atoms with van der Waals surface area (Å²) in [6.45, 7) is 4.27. The van der Waals surface area contributed by atoms with Crippen LogP contribution in [-0.2, 0) is 4.74 Å². The number of amides is 1. The van der Waals surface area contributed by atoms with E-state index in [0.717, 1.165) is 11.3 Å². The molecule has 0 spiro atoms. The van der Waals surface area contributed by atoms with Gasteiger partial charge in [0.1, 0.15) is 6.61 Å². The highest BCUT2D eigenvalue weighted by molar-refractivity contribution is 7.14. The third-order valence-electron chi connectivity index (χ3n) is 3.70. The monoisotopic (exact) mass is 334 g/mol. The third kappa shape index (κ3) is 2.72. The number of nitrogens with zero attached hydrogens (tertiary/aromatic N) is 2. The SMILES string of the molecule is COc1ccc(-c2csc(N3C(=O)OCC3(C)C)n2)cc1OC. The highest BCUT2D eigenvalue weighted by Gasteiger charge is 2.42. The second-order valence-corrected chi connectivity index (χ2v) is 6.62. The fraction of sp³-hybridized carbons (Fsp3) is 0.375. The summed E-state index contributed by atoms with van der Waals surface area (Å²) < 4.78 is 15.7. The van der Waals surface area contributed by atoms with E-state index in [1.165, 1.54) is 11.3 Å². The number of anilines is 1. The lowest BCUT2D eigenvalue weighted by atomic mass is 10.1. The summed E-state index contributed by atoms with van der Waals surface area (Å²) in [4.78, 5) is 18.1. The Morgan fingerprint density at radius 1 is 1.26 bits per heavy atom. The summed E-state index contributed by atoms with van der Waals surface area (Å²) in [7, 11) is 3.19. The van der Waals surface area contributed by atoms with E-state index in [1.54, 1.807) is 19.1 Å². The zero-order valence-electron chi connectivity index (χ0n) is 13.5. The van der Waals surface area contributed by atoms with Crippen LogP contribution in [0.3, 0.4) is 0 Å². The molecule has 1 saturated heterocycles. The molecule has 0 unspecified atom stereocenters. The molecule has 1 aliphatic rings. The van der Waals surface area contributed by atoms with Gasteiger partial charge in [0.05, 0.1) is 25.5 Å². The molecule has 0 radical (unpaired) electrons. The molecule has 3 rings (SSSR count). The summed E-state index contributed by atoms with van der Waals surface area (Å²) in [5, 5.41) is 2.54. The molecule has 1 aromatic heterocycles. The number of ether oxygens (including phenoxy) is 3. The van der Waals surface area contributed by atoms with Gasteiger partial charge in [-0.25, -0.2) is 14.7 Å². The van der Waals surface area contributed by atoms with Gasteiger partial charge in [-0.05, 0) is 32.0 Å². The highest BCUT2D eigenvalue weighted by atomic mass is 32.1. The first-order valence-electron chi connectivity index (χ1n) is 7.11. The van der Waals surface area contributed by atoms with Crippen LogP contribution in [-0.4, -0.2) is 37.4 Å². The van der Waals surface area contributed by atoms with E-state index in [1.807, 2.05) is 37.4 Å². The molecular weight excluding hydrogens is 316 g/mol. The van der Waals surface area contributed by atoms with Crippen LogP contribution in [0.2, 0.25) is 0 Å². The number of hydrogen-bond acceptors (Lipinski definition) is 6. The van der Waals surface area contributed by atoms with Gasteiger partial charge in [-0.3, -0.25) is 0 Å². The fourth-order valence-electron chi connectivity index (χ4n) is 2.45. The Morgan fingerprint density at radius 2 is 2.00 bits per heavy atom. The van der Waals surface area contributed by atoms with Crippen LogP contribution in [0.25, 0.3) is 11.3 Å². The van der Waals surface area contributed by atoms with E-state index >= 15 is 0 Å². The average molecular weight is 334 g/mol. The lowest BCUT2D eigenvalue weighted by Gasteiger charge is -2.24. The first kappa shape index (κ1) is 15.6. The normalized spacial score (nSPS) is 16.3. The van der Waals surface area contributed by atoms with Crippen LogP contribution in [0.1, 0.15) is 13.8 Å². The van der Waals surface area contributed by atoms with Crippen molar-refractivity contribution in [3.8, 4) is 22.8 Å². The van der Waals surface area contributed by atoms with Gasteiger partial charge >= 0.3 is 6.09 Å². The number of rotatable bonds is 4. The van der Waals surface area contributed by atoms with Gasteiger partial charge in [-0.2, -0.15) is 0 Å². The van der Waals surface area contributed by atoms with E-state index in [9.17, 15) is 4.79 Å². The average Bonchev–Trinajstić information content (AvgIpc) is 3.11. The Kier molecular flexibility index (Phi) is 3.89. The van der Waals surface area contributed by atoms with Gasteiger partial charge in [0.2, 0.25) is 0 Å². The number of aromatic nitrogens is 1. The molecule has 6 nitrogen and oxygen atoms in total. The smallest absolute Gasteiger partial charge is 0.416 e. The second-order valence-electron chi connectivity index (χ2n) is 5.79. The predicted molar refractivity (Wildman–Crippen MR) is 88.6 cm³/mol. The quantitative estimate of drug-likeness (QED) is 0.855. The minimum atomic E-state index is -0.399. The molecule has 0 saturated carbocycles. The van der Waals surface area contributed by atoms with Crippen LogP contribution >= 0.6 is 11.3 Å². The number of cyclic esters (lactones) is 1. The maximum absolute atomic E-state index is 12.0. The van der Waals surface area contributed by atoms with Gasteiger partial charge in [0.15, 0.2) is 16.6 Å². The number of thiazole rings is 1. The molecule has 122 valence electrons. The Balaban J connectivity index is 1.95. The third-order valence-corrected chi connectivity index (χ3v) is 4.53. The van der Waals surface area contributed by atoms with Crippen molar-refractivity contribution in [2.45, 2.75) is 19.4 Å². The van der Waals surface area contributed by atoms with Gasteiger partial charge in [-0.1, -0.05) is 0 Å². The van der Waals surface area contributed by atoms with Gasteiger partial charge < -0.3 is 14.2 Å². The van der Waals surface area contributed by atoms with E-state index in [4.69, 9.17) is 14.2 Å². The van der Waals surface area contributed by atoms with Crippen LogP contribution in [0, 0.1) is 0 Å². The highest BCUT2D eigenvalue weighted by Crippen LogP contribution is 2.37. The van der Waals surface area contributed by atoms with E-state index in [2.05, 4.69) is 4.98 Å². The number of carbonyl (C=O) groups excluding carboxylic acids is 1. The molecule has 23 heavy (non-hydrogen) atoms. The van der Waals surface area contributed by atoms with Crippen molar-refractivity contribution in [3.05, 3.63) is 23.6 Å². The topological polar surface area (TPSA) is 60.9 Å². The summed E-state index contributed by atoms with van der Waals surface area (Å²) in [5.41, 5.74) is 1.28. The minimum absolute atomic E-state index is 0.358. The zero-order chi connectivity index (χ0) is 16.6. The largest absolute Gasteiger partial charge is 0.493 e. The second kappa shape index (κ2) is 5.73. The molecule has 7 heteroatoms. The van der Waals surface area contributed by atoms with E-state index in [-0.39, 0.29) is 6.09 Å². The standard InChI is InChI=1S/C16H18N2O4S/c1-16(2)9-22-15(19)18(16)14-17-11(8-23-14)10-5-6-12(20-3)13(7-10)21-4/h5-8H,9H2,1-4H3. The van der Waals surface area contributed by atoms with Crippen molar-refractivity contribution in [3.63, 3.8) is 0 Å². The van der Waals surface area contributed by atoms with Crippen LogP contribution < -0.4 is 14.4 Å². The van der Waals surface area contributed by atoms with Gasteiger partial charge in [-0.15, -0.1) is 11.3 Å². The summed E-state index contributed by atoms with van der Waals surface area (Å²) in [5.74, 6) is 1.30. The number of hydrogen-bond donors (Lipinski definition) is 0. The first-order valence-corrected chi connectivity index (χ1v) is 7.99. The maximum atomic E-state index is 12.0. The Labute approximate surface area is 138 Å². The van der Waals surface area contributed by atoms with Crippen molar-refractivity contribution in [2.75, 3.05) is 25.7 Å². The Hall–Kier alpha value is -2.28. The summed E-state index contributed by atoms with van der Waals surface area (Å²) >= 11 is 1.41. The first-order chi connectivity index (χ1) is 11.0. The molecule has 1 amide bonds. The fourth-order valence-corrected chi connectivity index (χ4v) is 3.43. The van der Waals surface area contributed by atoms with E-state index < -0.39 is 5.54 Å². The predicted octanol–water partition coefficient (Wildman–Crippen LogP) is 3.56. The van der Waals surface area contributed by atoms with Crippen LogP contribution in [0.5, 0.6) is 11.5 Å². The lowest BCUT2D eigenvalue weighted by Crippen LogP contribution is -2.42. The molecule has 0 atom stereocenters. The van der Waals surface area contributed by atoms with Crippen LogP contribution in [0.15, 0.2) is 23.6 Å². The maximum Gasteiger partial charge on any atom is 0.416 e.